The Bertz CT molecular complexity index is 235. The molecule has 2 unspecified atom stereocenters. The van der Waals surface area contributed by atoms with E-state index in [1.807, 2.05) is 0 Å². The Hall–Kier alpha value is -0.250. The number of halogens is 1. The second kappa shape index (κ2) is 3.15. The van der Waals surface area contributed by atoms with Gasteiger partial charge in [-0.2, -0.15) is 5.10 Å². The van der Waals surface area contributed by atoms with E-state index < -0.39 is 0 Å². The molecule has 1 heterocycles. The smallest absolute Gasteiger partial charge is 0.121 e. The molecule has 3 N–H and O–H groups in total. The first-order valence-corrected chi connectivity index (χ1v) is 5.91. The Labute approximate surface area is 87.3 Å². The summed E-state index contributed by atoms with van der Waals surface area (Å²) >= 11 is 3.59. The number of nitrogens with one attached hydrogen (secondary N) is 1. The highest BCUT2D eigenvalue weighted by atomic mass is 79.9. The number of rotatable bonds is 3. The summed E-state index contributed by atoms with van der Waals surface area (Å²) in [5, 5.41) is 5.10. The van der Waals surface area contributed by atoms with Crippen molar-refractivity contribution in [2.24, 2.45) is 22.2 Å². The minimum absolute atomic E-state index is 0.451. The zero-order valence-electron chi connectivity index (χ0n) is 7.89. The molecule has 13 heavy (non-hydrogen) atoms. The predicted molar refractivity (Wildman–Crippen MR) is 57.8 cm³/mol. The summed E-state index contributed by atoms with van der Waals surface area (Å²) in [4.78, 5) is 0. The van der Waals surface area contributed by atoms with Gasteiger partial charge in [0, 0.05) is 11.8 Å². The lowest BCUT2D eigenvalue weighted by Gasteiger charge is -2.26. The van der Waals surface area contributed by atoms with Crippen molar-refractivity contribution in [2.45, 2.75) is 32.2 Å². The standard InChI is InChI=1S/C9H16BrN3/c1-9(2-3-9)6(5-10)7-4-8(11)13-12-7/h6-7,12H,2-5H2,1H3,(H2,11,13). The van der Waals surface area contributed by atoms with Crippen LogP contribution in [0, 0.1) is 11.3 Å². The van der Waals surface area contributed by atoms with Crippen LogP contribution in [-0.4, -0.2) is 17.2 Å². The van der Waals surface area contributed by atoms with Crippen molar-refractivity contribution in [1.29, 1.82) is 0 Å². The fourth-order valence-electron chi connectivity index (χ4n) is 2.06. The Morgan fingerprint density at radius 1 is 1.77 bits per heavy atom. The highest BCUT2D eigenvalue weighted by Gasteiger charge is 2.48. The molecule has 1 fully saturated rings. The SMILES string of the molecule is CC1(C(CBr)C2CC(N)=NN2)CC1. The van der Waals surface area contributed by atoms with Gasteiger partial charge >= 0.3 is 0 Å². The fraction of sp³-hybridized carbons (Fsp3) is 0.889. The molecule has 0 radical (unpaired) electrons. The van der Waals surface area contributed by atoms with Crippen LogP contribution >= 0.6 is 15.9 Å². The monoisotopic (exact) mass is 245 g/mol. The molecule has 3 nitrogen and oxygen atoms in total. The Balaban J connectivity index is 1.98. The van der Waals surface area contributed by atoms with Crippen molar-refractivity contribution >= 4 is 21.8 Å². The minimum atomic E-state index is 0.451. The van der Waals surface area contributed by atoms with Crippen LogP contribution < -0.4 is 11.2 Å². The summed E-state index contributed by atoms with van der Waals surface area (Å²) in [6, 6.07) is 0.451. The zero-order chi connectivity index (χ0) is 9.47. The van der Waals surface area contributed by atoms with Crippen LogP contribution in [0.3, 0.4) is 0 Å². The van der Waals surface area contributed by atoms with Crippen LogP contribution in [0.25, 0.3) is 0 Å². The largest absolute Gasteiger partial charge is 0.386 e. The number of alkyl halides is 1. The van der Waals surface area contributed by atoms with Gasteiger partial charge in [-0.05, 0) is 24.2 Å². The summed E-state index contributed by atoms with van der Waals surface area (Å²) in [7, 11) is 0. The molecule has 0 amide bonds. The Kier molecular flexibility index (Phi) is 2.26. The molecule has 1 aliphatic carbocycles. The molecule has 0 spiro atoms. The van der Waals surface area contributed by atoms with Crippen molar-refractivity contribution in [1.82, 2.24) is 5.43 Å². The van der Waals surface area contributed by atoms with E-state index in [0.29, 0.717) is 17.4 Å². The third-order valence-electron chi connectivity index (χ3n) is 3.39. The van der Waals surface area contributed by atoms with Gasteiger partial charge in [0.15, 0.2) is 0 Å². The molecular formula is C9H16BrN3. The lowest BCUT2D eigenvalue weighted by Crippen LogP contribution is -2.36. The summed E-state index contributed by atoms with van der Waals surface area (Å²) in [6.07, 6.45) is 3.61. The van der Waals surface area contributed by atoms with Gasteiger partial charge in [-0.15, -0.1) is 0 Å². The Morgan fingerprint density at radius 3 is 2.85 bits per heavy atom. The quantitative estimate of drug-likeness (QED) is 0.740. The molecule has 4 heteroatoms. The minimum Gasteiger partial charge on any atom is -0.386 e. The van der Waals surface area contributed by atoms with E-state index in [9.17, 15) is 0 Å². The third kappa shape index (κ3) is 1.68. The van der Waals surface area contributed by atoms with Crippen LogP contribution in [0.5, 0.6) is 0 Å². The lowest BCUT2D eigenvalue weighted by atomic mass is 9.85. The van der Waals surface area contributed by atoms with Gasteiger partial charge in [0.05, 0.1) is 6.04 Å². The van der Waals surface area contributed by atoms with Gasteiger partial charge in [-0.25, -0.2) is 0 Å². The normalized spacial score (nSPS) is 32.2. The van der Waals surface area contributed by atoms with Crippen LogP contribution in [0.15, 0.2) is 5.10 Å². The maximum Gasteiger partial charge on any atom is 0.121 e. The van der Waals surface area contributed by atoms with Crippen molar-refractivity contribution in [3.05, 3.63) is 0 Å². The molecule has 0 aromatic rings. The van der Waals surface area contributed by atoms with E-state index in [2.05, 4.69) is 33.4 Å². The highest BCUT2D eigenvalue weighted by molar-refractivity contribution is 9.09. The van der Waals surface area contributed by atoms with Gasteiger partial charge in [-0.1, -0.05) is 22.9 Å². The van der Waals surface area contributed by atoms with Gasteiger partial charge in [0.25, 0.3) is 0 Å². The highest BCUT2D eigenvalue weighted by Crippen LogP contribution is 2.53. The first kappa shape index (κ1) is 9.31. The zero-order valence-corrected chi connectivity index (χ0v) is 9.47. The first-order chi connectivity index (χ1) is 6.15. The lowest BCUT2D eigenvalue weighted by molar-refractivity contribution is 0.289. The Morgan fingerprint density at radius 2 is 2.46 bits per heavy atom. The van der Waals surface area contributed by atoms with E-state index in [0.717, 1.165) is 17.6 Å². The number of hydrogen-bond donors (Lipinski definition) is 2. The summed E-state index contributed by atoms with van der Waals surface area (Å²) in [5.74, 6) is 1.41. The van der Waals surface area contributed by atoms with Crippen LogP contribution in [0.2, 0.25) is 0 Å². The predicted octanol–water partition coefficient (Wildman–Crippen LogP) is 1.43. The van der Waals surface area contributed by atoms with E-state index >= 15 is 0 Å². The molecule has 1 aliphatic heterocycles. The van der Waals surface area contributed by atoms with Gasteiger partial charge in [0.2, 0.25) is 0 Å². The van der Waals surface area contributed by atoms with E-state index in [-0.39, 0.29) is 0 Å². The van der Waals surface area contributed by atoms with Crippen LogP contribution in [0.1, 0.15) is 26.2 Å². The molecule has 0 saturated heterocycles. The molecule has 0 bridgehead atoms. The number of nitrogens with zero attached hydrogens (tertiary/aromatic N) is 1. The average Bonchev–Trinajstić information content (AvgIpc) is 2.67. The number of amidine groups is 1. The molecule has 2 rings (SSSR count). The second-order valence-electron chi connectivity index (χ2n) is 4.46. The summed E-state index contributed by atoms with van der Waals surface area (Å²) in [6.45, 7) is 2.36. The van der Waals surface area contributed by atoms with E-state index in [4.69, 9.17) is 5.73 Å². The molecule has 1 saturated carbocycles. The molecule has 2 atom stereocenters. The molecule has 74 valence electrons. The van der Waals surface area contributed by atoms with Crippen molar-refractivity contribution in [3.8, 4) is 0 Å². The van der Waals surface area contributed by atoms with Gasteiger partial charge < -0.3 is 11.2 Å². The number of hydrazone groups is 1. The fourth-order valence-corrected chi connectivity index (χ4v) is 3.29. The second-order valence-corrected chi connectivity index (χ2v) is 5.11. The summed E-state index contributed by atoms with van der Waals surface area (Å²) in [5.41, 5.74) is 9.32. The molecular weight excluding hydrogens is 230 g/mol. The van der Waals surface area contributed by atoms with E-state index in [1.165, 1.54) is 12.8 Å². The molecule has 0 aromatic heterocycles. The van der Waals surface area contributed by atoms with E-state index in [1.54, 1.807) is 0 Å². The molecule has 0 aromatic carbocycles. The van der Waals surface area contributed by atoms with Gasteiger partial charge in [0.1, 0.15) is 5.84 Å². The van der Waals surface area contributed by atoms with Crippen molar-refractivity contribution in [3.63, 3.8) is 0 Å². The first-order valence-electron chi connectivity index (χ1n) is 4.79. The van der Waals surface area contributed by atoms with Crippen molar-refractivity contribution < 1.29 is 0 Å². The number of nitrogens with two attached hydrogens (primary N) is 1. The maximum absolute atomic E-state index is 5.65. The van der Waals surface area contributed by atoms with Crippen LogP contribution in [0.4, 0.5) is 0 Å². The van der Waals surface area contributed by atoms with Gasteiger partial charge in [-0.3, -0.25) is 0 Å². The third-order valence-corrected chi connectivity index (χ3v) is 4.09. The maximum atomic E-state index is 5.65. The van der Waals surface area contributed by atoms with Crippen molar-refractivity contribution in [2.75, 3.05) is 5.33 Å². The topological polar surface area (TPSA) is 50.4 Å². The molecule has 2 aliphatic rings. The number of hydrogen-bond acceptors (Lipinski definition) is 3. The summed E-state index contributed by atoms with van der Waals surface area (Å²) < 4.78 is 0. The average molecular weight is 246 g/mol. The van der Waals surface area contributed by atoms with Crippen LogP contribution in [-0.2, 0) is 0 Å².